The second-order valence-electron chi connectivity index (χ2n) is 8.55. The third-order valence-corrected chi connectivity index (χ3v) is 5.38. The fourth-order valence-electron chi connectivity index (χ4n) is 3.91. The fourth-order valence-corrected chi connectivity index (χ4v) is 3.91. The molecule has 0 amide bonds. The number of anilines is 1. The molecule has 38 heavy (non-hydrogen) atoms. The van der Waals surface area contributed by atoms with Crippen molar-refractivity contribution in [2.75, 3.05) is 25.0 Å². The molecule has 4 rings (SSSR count). The molecule has 2 saturated heterocycles. The van der Waals surface area contributed by atoms with Gasteiger partial charge in [-0.2, -0.15) is 31.4 Å². The van der Waals surface area contributed by atoms with Crippen LogP contribution in [0.1, 0.15) is 24.8 Å². The van der Waals surface area contributed by atoms with E-state index in [1.165, 1.54) is 12.0 Å². The number of piperidine rings is 1. The smallest absolute Gasteiger partial charge is 0.475 e. The van der Waals surface area contributed by atoms with Crippen LogP contribution in [0.5, 0.6) is 0 Å². The maximum atomic E-state index is 10.6. The van der Waals surface area contributed by atoms with E-state index in [9.17, 15) is 26.3 Å². The van der Waals surface area contributed by atoms with Crippen molar-refractivity contribution in [2.45, 2.75) is 49.8 Å². The summed E-state index contributed by atoms with van der Waals surface area (Å²) < 4.78 is 71.6. The van der Waals surface area contributed by atoms with Gasteiger partial charge in [-0.15, -0.1) is 0 Å². The van der Waals surface area contributed by atoms with E-state index in [-0.39, 0.29) is 11.6 Å². The van der Waals surface area contributed by atoms with Gasteiger partial charge >= 0.3 is 24.3 Å². The number of aromatic nitrogens is 4. The van der Waals surface area contributed by atoms with Crippen LogP contribution in [0.15, 0.2) is 30.9 Å². The number of aliphatic carboxylic acids is 2. The summed E-state index contributed by atoms with van der Waals surface area (Å²) in [6, 6.07) is 2.11. The van der Waals surface area contributed by atoms with E-state index in [0.29, 0.717) is 5.95 Å². The van der Waals surface area contributed by atoms with Crippen molar-refractivity contribution in [3.05, 3.63) is 36.4 Å². The summed E-state index contributed by atoms with van der Waals surface area (Å²) in [5, 5.41) is 21.9. The highest BCUT2D eigenvalue weighted by atomic mass is 19.4. The fraction of sp³-hybridized carbons (Fsp3) is 0.571. The predicted octanol–water partition coefficient (Wildman–Crippen LogP) is 2.71. The van der Waals surface area contributed by atoms with Crippen LogP contribution in [-0.4, -0.2) is 90.5 Å². The van der Waals surface area contributed by atoms with Gasteiger partial charge in [-0.3, -0.25) is 9.58 Å². The summed E-state index contributed by atoms with van der Waals surface area (Å²) in [7, 11) is 1.96. The lowest BCUT2D eigenvalue weighted by Gasteiger charge is -2.39. The Labute approximate surface area is 212 Å². The zero-order chi connectivity index (χ0) is 28.6. The Morgan fingerprint density at radius 1 is 1.13 bits per heavy atom. The number of aryl methyl sites for hydroxylation is 1. The molecule has 3 N–H and O–H groups in total. The Morgan fingerprint density at radius 3 is 2.21 bits per heavy atom. The van der Waals surface area contributed by atoms with Crippen LogP contribution in [0.25, 0.3) is 0 Å². The van der Waals surface area contributed by atoms with Crippen molar-refractivity contribution in [3.8, 4) is 0 Å². The zero-order valence-electron chi connectivity index (χ0n) is 20.0. The van der Waals surface area contributed by atoms with Gasteiger partial charge in [0.2, 0.25) is 5.95 Å². The largest absolute Gasteiger partial charge is 0.490 e. The van der Waals surface area contributed by atoms with Crippen LogP contribution in [0.4, 0.5) is 32.3 Å². The minimum Gasteiger partial charge on any atom is -0.475 e. The van der Waals surface area contributed by atoms with Gasteiger partial charge in [0, 0.05) is 50.7 Å². The number of halogens is 6. The van der Waals surface area contributed by atoms with Crippen LogP contribution in [0.2, 0.25) is 0 Å². The number of rotatable bonds is 4. The average Bonchev–Trinajstić information content (AvgIpc) is 3.39. The Balaban J connectivity index is 0.000000301. The lowest BCUT2D eigenvalue weighted by molar-refractivity contribution is -0.193. The van der Waals surface area contributed by atoms with Crippen molar-refractivity contribution < 1.29 is 50.9 Å². The average molecular weight is 556 g/mol. The van der Waals surface area contributed by atoms with E-state index in [1.807, 2.05) is 24.0 Å². The third kappa shape index (κ3) is 10.1. The molecule has 0 saturated carbocycles. The Hall–Kier alpha value is -3.47. The number of likely N-dealkylation sites (tertiary alicyclic amines) is 1. The monoisotopic (exact) mass is 556 g/mol. The molecule has 11 nitrogen and oxygen atoms in total. The Bertz CT molecular complexity index is 1030. The molecule has 2 aromatic rings. The van der Waals surface area contributed by atoms with E-state index in [1.54, 1.807) is 12.4 Å². The van der Waals surface area contributed by atoms with Crippen molar-refractivity contribution in [1.82, 2.24) is 24.6 Å². The van der Waals surface area contributed by atoms with Gasteiger partial charge in [-0.25, -0.2) is 19.6 Å². The number of nitrogens with one attached hydrogen (secondary N) is 1. The van der Waals surface area contributed by atoms with Crippen LogP contribution in [-0.2, 0) is 27.9 Å². The predicted molar refractivity (Wildman–Crippen MR) is 118 cm³/mol. The van der Waals surface area contributed by atoms with Crippen LogP contribution >= 0.6 is 0 Å². The molecule has 0 aliphatic carbocycles. The number of carboxylic acid groups (broad SMARTS) is 2. The minimum absolute atomic E-state index is 0.0348. The normalized spacial score (nSPS) is 21.6. The van der Waals surface area contributed by atoms with Crippen LogP contribution in [0.3, 0.4) is 0 Å². The lowest BCUT2D eigenvalue weighted by atomic mass is 9.88. The van der Waals surface area contributed by atoms with Gasteiger partial charge in [0.05, 0.1) is 24.4 Å². The van der Waals surface area contributed by atoms with Crippen molar-refractivity contribution in [2.24, 2.45) is 7.05 Å². The van der Waals surface area contributed by atoms with Crippen molar-refractivity contribution in [3.63, 3.8) is 0 Å². The number of hydrogen-bond acceptors (Lipinski definition) is 8. The molecule has 17 heteroatoms. The maximum Gasteiger partial charge on any atom is 0.490 e. The first-order chi connectivity index (χ1) is 17.6. The number of nitrogens with zero attached hydrogens (tertiary/aromatic N) is 5. The molecule has 1 spiro atoms. The zero-order valence-corrected chi connectivity index (χ0v) is 20.0. The molecule has 4 heterocycles. The molecule has 0 aromatic carbocycles. The van der Waals surface area contributed by atoms with Gasteiger partial charge in [0.15, 0.2) is 0 Å². The first kappa shape index (κ1) is 30.8. The van der Waals surface area contributed by atoms with Crippen molar-refractivity contribution >= 4 is 17.9 Å². The maximum absolute atomic E-state index is 10.6. The number of carbonyl (C=O) groups is 2. The summed E-state index contributed by atoms with van der Waals surface area (Å²) >= 11 is 0. The Kier molecular flexibility index (Phi) is 10.4. The summed E-state index contributed by atoms with van der Waals surface area (Å²) in [5.41, 5.74) is 1.23. The molecule has 2 aliphatic rings. The first-order valence-electron chi connectivity index (χ1n) is 11.1. The molecule has 2 atom stereocenters. The van der Waals surface area contributed by atoms with E-state index in [4.69, 9.17) is 24.5 Å². The second-order valence-corrected chi connectivity index (χ2v) is 8.55. The van der Waals surface area contributed by atoms with E-state index in [2.05, 4.69) is 31.5 Å². The Morgan fingerprint density at radius 2 is 1.71 bits per heavy atom. The standard InChI is InChI=1S/C17H24N6O.2C2HF3O2/c1-22-10-14(9-20-22)11-23-7-2-4-17(13-23)8-15(12-24-17)21-16-18-5-3-6-19-16;2*3-2(4,5)1(6)7/h3,5-6,9-10,15H,2,4,7-8,11-13H2,1H3,(H,18,19,21);2*(H,6,7). The summed E-state index contributed by atoms with van der Waals surface area (Å²) in [5.74, 6) is -4.83. The van der Waals surface area contributed by atoms with Gasteiger partial charge in [-0.05, 0) is 25.5 Å². The molecule has 2 aromatic heterocycles. The molecule has 0 bridgehead atoms. The lowest BCUT2D eigenvalue weighted by Crippen LogP contribution is -2.47. The molecular formula is C21H26F6N6O5. The number of alkyl halides is 6. The van der Waals surface area contributed by atoms with Gasteiger partial charge in [0.1, 0.15) is 0 Å². The molecule has 2 fully saturated rings. The van der Waals surface area contributed by atoms with Crippen molar-refractivity contribution in [1.29, 1.82) is 0 Å². The first-order valence-corrected chi connectivity index (χ1v) is 11.1. The van der Waals surface area contributed by atoms with Gasteiger partial charge in [0.25, 0.3) is 0 Å². The molecule has 0 radical (unpaired) electrons. The molecule has 2 aliphatic heterocycles. The topological polar surface area (TPSA) is 143 Å². The summed E-state index contributed by atoms with van der Waals surface area (Å²) in [6.45, 7) is 3.77. The van der Waals surface area contributed by atoms with E-state index in [0.717, 1.165) is 39.1 Å². The highest BCUT2D eigenvalue weighted by Crippen LogP contribution is 2.36. The molecule has 2 unspecified atom stereocenters. The molecular weight excluding hydrogens is 530 g/mol. The summed E-state index contributed by atoms with van der Waals surface area (Å²) in [4.78, 5) is 28.8. The number of carboxylic acids is 2. The third-order valence-electron chi connectivity index (χ3n) is 5.38. The number of ether oxygens (including phenoxy) is 1. The second kappa shape index (κ2) is 12.9. The quantitative estimate of drug-likeness (QED) is 0.481. The van der Waals surface area contributed by atoms with E-state index < -0.39 is 24.3 Å². The van der Waals surface area contributed by atoms with Gasteiger partial charge < -0.3 is 20.3 Å². The van der Waals surface area contributed by atoms with Crippen LogP contribution in [0, 0.1) is 0 Å². The van der Waals surface area contributed by atoms with Crippen LogP contribution < -0.4 is 5.32 Å². The number of hydrogen-bond donors (Lipinski definition) is 3. The van der Waals surface area contributed by atoms with Gasteiger partial charge in [-0.1, -0.05) is 0 Å². The minimum atomic E-state index is -5.08. The molecule has 212 valence electrons. The highest BCUT2D eigenvalue weighted by Gasteiger charge is 2.43. The SMILES string of the molecule is Cn1cc(CN2CCCC3(CC(Nc4ncccn4)CO3)C2)cn1.O=C(O)C(F)(F)F.O=C(O)C(F)(F)F. The summed E-state index contributed by atoms with van der Waals surface area (Å²) in [6.07, 6.45) is 0.712. The highest BCUT2D eigenvalue weighted by molar-refractivity contribution is 5.73. The van der Waals surface area contributed by atoms with E-state index >= 15 is 0 Å².